The van der Waals surface area contributed by atoms with Crippen molar-refractivity contribution in [3.8, 4) is 0 Å². The van der Waals surface area contributed by atoms with Gasteiger partial charge < -0.3 is 10.1 Å². The molecule has 1 saturated heterocycles. The Bertz CT molecular complexity index is 508. The van der Waals surface area contributed by atoms with Gasteiger partial charge in [-0.1, -0.05) is 25.0 Å². The number of benzene rings is 1. The molecule has 0 radical (unpaired) electrons. The molecule has 0 aliphatic carbocycles. The van der Waals surface area contributed by atoms with Crippen LogP contribution in [0.1, 0.15) is 43.0 Å². The molecule has 1 aromatic carbocycles. The number of para-hydroxylation sites is 1. The van der Waals surface area contributed by atoms with Gasteiger partial charge in [0.25, 0.3) is 0 Å². The van der Waals surface area contributed by atoms with E-state index in [1.165, 1.54) is 12.8 Å². The van der Waals surface area contributed by atoms with E-state index in [9.17, 15) is 9.59 Å². The van der Waals surface area contributed by atoms with Gasteiger partial charge in [0.05, 0.1) is 24.4 Å². The van der Waals surface area contributed by atoms with E-state index in [4.69, 9.17) is 4.74 Å². The van der Waals surface area contributed by atoms with Gasteiger partial charge in [-0.15, -0.1) is 0 Å². The van der Waals surface area contributed by atoms with Crippen LogP contribution in [-0.4, -0.2) is 43.0 Å². The number of rotatable bonds is 5. The minimum absolute atomic E-state index is 0.0846. The lowest BCUT2D eigenvalue weighted by Crippen LogP contribution is -2.34. The zero-order valence-corrected chi connectivity index (χ0v) is 13.1. The summed E-state index contributed by atoms with van der Waals surface area (Å²) in [4.78, 5) is 26.3. The summed E-state index contributed by atoms with van der Waals surface area (Å²) in [6, 6.07) is 6.95. The number of carbonyl (C=O) groups excluding carboxylic acids is 2. The smallest absolute Gasteiger partial charge is 0.340 e. The minimum Gasteiger partial charge on any atom is -0.462 e. The first kappa shape index (κ1) is 16.5. The van der Waals surface area contributed by atoms with Crippen LogP contribution in [0.5, 0.6) is 0 Å². The maximum absolute atomic E-state index is 12.2. The van der Waals surface area contributed by atoms with Crippen LogP contribution < -0.4 is 5.32 Å². The number of likely N-dealkylation sites (tertiary alicyclic amines) is 1. The van der Waals surface area contributed by atoms with Crippen LogP contribution >= 0.6 is 0 Å². The van der Waals surface area contributed by atoms with Crippen LogP contribution in [0.25, 0.3) is 0 Å². The maximum Gasteiger partial charge on any atom is 0.340 e. The molecule has 1 fully saturated rings. The number of carbonyl (C=O) groups is 2. The lowest BCUT2D eigenvalue weighted by atomic mass is 10.2. The Hall–Kier alpha value is -1.88. The Balaban J connectivity index is 1.97. The van der Waals surface area contributed by atoms with E-state index in [1.807, 2.05) is 0 Å². The third-order valence-corrected chi connectivity index (χ3v) is 3.76. The first-order valence-electron chi connectivity index (χ1n) is 7.99. The van der Waals surface area contributed by atoms with E-state index in [2.05, 4.69) is 10.2 Å². The van der Waals surface area contributed by atoms with Crippen LogP contribution in [0.15, 0.2) is 24.3 Å². The average Bonchev–Trinajstić information content (AvgIpc) is 2.76. The van der Waals surface area contributed by atoms with Crippen molar-refractivity contribution in [1.29, 1.82) is 0 Å². The monoisotopic (exact) mass is 304 g/mol. The van der Waals surface area contributed by atoms with E-state index in [-0.39, 0.29) is 5.91 Å². The number of anilines is 1. The van der Waals surface area contributed by atoms with Gasteiger partial charge in [-0.25, -0.2) is 4.79 Å². The quantitative estimate of drug-likeness (QED) is 0.850. The van der Waals surface area contributed by atoms with Gasteiger partial charge in [0, 0.05) is 0 Å². The zero-order chi connectivity index (χ0) is 15.8. The van der Waals surface area contributed by atoms with E-state index in [1.54, 1.807) is 31.2 Å². The second-order valence-electron chi connectivity index (χ2n) is 5.50. The fourth-order valence-corrected chi connectivity index (χ4v) is 2.67. The second kappa shape index (κ2) is 8.54. The molecule has 1 aliphatic rings. The maximum atomic E-state index is 12.2. The predicted molar refractivity (Wildman–Crippen MR) is 85.9 cm³/mol. The molecular weight excluding hydrogens is 280 g/mol. The Morgan fingerprint density at radius 2 is 1.82 bits per heavy atom. The number of hydrogen-bond acceptors (Lipinski definition) is 4. The highest BCUT2D eigenvalue weighted by molar-refractivity contribution is 6.01. The number of esters is 1. The van der Waals surface area contributed by atoms with Crippen LogP contribution in [0.3, 0.4) is 0 Å². The van der Waals surface area contributed by atoms with Gasteiger partial charge in [-0.05, 0) is 45.0 Å². The first-order valence-corrected chi connectivity index (χ1v) is 7.99. The predicted octanol–water partition coefficient (Wildman–Crippen LogP) is 2.68. The van der Waals surface area contributed by atoms with Gasteiger partial charge in [0.2, 0.25) is 5.91 Å². The standard InChI is InChI=1S/C17H24N2O3/c1-2-22-17(21)14-9-5-6-10-15(14)18-16(20)13-19-11-7-3-4-8-12-19/h5-6,9-10H,2-4,7-8,11-13H2,1H3,(H,18,20). The summed E-state index contributed by atoms with van der Waals surface area (Å²) in [5.41, 5.74) is 0.911. The summed E-state index contributed by atoms with van der Waals surface area (Å²) < 4.78 is 5.02. The molecule has 120 valence electrons. The van der Waals surface area contributed by atoms with Crippen molar-refractivity contribution in [2.75, 3.05) is 31.6 Å². The summed E-state index contributed by atoms with van der Waals surface area (Å²) in [5.74, 6) is -0.494. The van der Waals surface area contributed by atoms with E-state index in [0.717, 1.165) is 25.9 Å². The summed E-state index contributed by atoms with van der Waals surface area (Å²) >= 11 is 0. The van der Waals surface area contributed by atoms with E-state index >= 15 is 0 Å². The van der Waals surface area contributed by atoms with Gasteiger partial charge in [-0.3, -0.25) is 9.69 Å². The molecule has 5 nitrogen and oxygen atoms in total. The van der Waals surface area contributed by atoms with Gasteiger partial charge in [-0.2, -0.15) is 0 Å². The van der Waals surface area contributed by atoms with Crippen LogP contribution in [0, 0.1) is 0 Å². The molecule has 1 heterocycles. The minimum atomic E-state index is -0.409. The number of amides is 1. The summed E-state index contributed by atoms with van der Waals surface area (Å²) in [6.45, 7) is 4.38. The van der Waals surface area contributed by atoms with Crippen LogP contribution in [-0.2, 0) is 9.53 Å². The Morgan fingerprint density at radius 1 is 1.14 bits per heavy atom. The molecule has 22 heavy (non-hydrogen) atoms. The third-order valence-electron chi connectivity index (χ3n) is 3.76. The largest absolute Gasteiger partial charge is 0.462 e. The Labute approximate surface area is 131 Å². The van der Waals surface area contributed by atoms with Crippen molar-refractivity contribution >= 4 is 17.6 Å². The Morgan fingerprint density at radius 3 is 2.50 bits per heavy atom. The topological polar surface area (TPSA) is 58.6 Å². The van der Waals surface area contributed by atoms with E-state index < -0.39 is 5.97 Å². The molecule has 1 N–H and O–H groups in total. The molecule has 0 saturated carbocycles. The molecule has 0 unspecified atom stereocenters. The molecule has 0 bridgehead atoms. The van der Waals surface area contributed by atoms with Gasteiger partial charge in [0.15, 0.2) is 0 Å². The molecule has 1 amide bonds. The lowest BCUT2D eigenvalue weighted by molar-refractivity contribution is -0.117. The highest BCUT2D eigenvalue weighted by Crippen LogP contribution is 2.16. The molecule has 0 aromatic heterocycles. The second-order valence-corrected chi connectivity index (χ2v) is 5.50. The fraction of sp³-hybridized carbons (Fsp3) is 0.529. The molecular formula is C17H24N2O3. The molecule has 1 aromatic rings. The highest BCUT2D eigenvalue weighted by atomic mass is 16.5. The van der Waals surface area contributed by atoms with Gasteiger partial charge in [0.1, 0.15) is 0 Å². The summed E-state index contributed by atoms with van der Waals surface area (Å²) in [5, 5.41) is 2.84. The van der Waals surface area contributed by atoms with Crippen LogP contribution in [0.4, 0.5) is 5.69 Å². The molecule has 1 aliphatic heterocycles. The highest BCUT2D eigenvalue weighted by Gasteiger charge is 2.16. The summed E-state index contributed by atoms with van der Waals surface area (Å²) in [7, 11) is 0. The van der Waals surface area contributed by atoms with E-state index in [0.29, 0.717) is 24.4 Å². The van der Waals surface area contributed by atoms with Crippen molar-refractivity contribution in [3.05, 3.63) is 29.8 Å². The normalized spacial score (nSPS) is 15.9. The molecule has 0 atom stereocenters. The Kier molecular flexibility index (Phi) is 6.40. The average molecular weight is 304 g/mol. The van der Waals surface area contributed by atoms with Crippen molar-refractivity contribution in [3.63, 3.8) is 0 Å². The third kappa shape index (κ3) is 4.84. The SMILES string of the molecule is CCOC(=O)c1ccccc1NC(=O)CN1CCCCCC1. The number of hydrogen-bond donors (Lipinski definition) is 1. The molecule has 2 rings (SSSR count). The van der Waals surface area contributed by atoms with Crippen molar-refractivity contribution in [2.45, 2.75) is 32.6 Å². The fourth-order valence-electron chi connectivity index (χ4n) is 2.67. The number of ether oxygens (including phenoxy) is 1. The zero-order valence-electron chi connectivity index (χ0n) is 13.1. The first-order chi connectivity index (χ1) is 10.7. The molecule has 0 spiro atoms. The van der Waals surface area contributed by atoms with Gasteiger partial charge >= 0.3 is 5.97 Å². The lowest BCUT2D eigenvalue weighted by Gasteiger charge is -2.19. The van der Waals surface area contributed by atoms with Crippen molar-refractivity contribution in [1.82, 2.24) is 4.90 Å². The van der Waals surface area contributed by atoms with Crippen molar-refractivity contribution in [2.24, 2.45) is 0 Å². The number of nitrogens with one attached hydrogen (secondary N) is 1. The van der Waals surface area contributed by atoms with Crippen LogP contribution in [0.2, 0.25) is 0 Å². The number of nitrogens with zero attached hydrogens (tertiary/aromatic N) is 1. The molecule has 5 heteroatoms. The summed E-state index contributed by atoms with van der Waals surface area (Å²) in [6.07, 6.45) is 4.77. The van der Waals surface area contributed by atoms with Crippen molar-refractivity contribution < 1.29 is 14.3 Å².